The van der Waals surface area contributed by atoms with Gasteiger partial charge in [-0.25, -0.2) is 23.2 Å². The number of nitrogens with two attached hydrogens (primary N) is 1. The Kier molecular flexibility index (Phi) is 5.90. The van der Waals surface area contributed by atoms with Crippen molar-refractivity contribution in [1.82, 2.24) is 9.24 Å². The molecule has 0 spiro atoms. The van der Waals surface area contributed by atoms with Gasteiger partial charge in [-0.15, -0.1) is 0 Å². The fourth-order valence-corrected chi connectivity index (χ4v) is 2.55. The zero-order valence-electron chi connectivity index (χ0n) is 16.3. The molecule has 30 heavy (non-hydrogen) atoms. The lowest BCUT2D eigenvalue weighted by Gasteiger charge is -2.22. The van der Waals surface area contributed by atoms with Crippen LogP contribution in [0.25, 0.3) is 5.69 Å². The van der Waals surface area contributed by atoms with Crippen LogP contribution < -0.4 is 17.1 Å². The highest BCUT2D eigenvalue weighted by molar-refractivity contribution is 6.21. The van der Waals surface area contributed by atoms with Gasteiger partial charge in [-0.05, 0) is 57.0 Å². The fourth-order valence-electron chi connectivity index (χ4n) is 2.41. The normalized spacial score (nSPS) is 12.0. The van der Waals surface area contributed by atoms with Gasteiger partial charge >= 0.3 is 17.0 Å². The minimum absolute atomic E-state index is 0.0747. The molecule has 0 saturated carbocycles. The number of hydrogen-bond acceptors (Lipinski definition) is 6. The summed E-state index contributed by atoms with van der Waals surface area (Å²) in [5, 5.41) is -4.13. The van der Waals surface area contributed by atoms with Crippen molar-refractivity contribution in [1.29, 1.82) is 0 Å². The molecule has 0 atom stereocenters. The molecule has 1 heterocycles. The molecule has 0 radical (unpaired) electrons. The summed E-state index contributed by atoms with van der Waals surface area (Å²) >= 11 is 4.83. The van der Waals surface area contributed by atoms with Crippen molar-refractivity contribution in [3.05, 3.63) is 61.7 Å². The monoisotopic (exact) mass is 447 g/mol. The van der Waals surface area contributed by atoms with Gasteiger partial charge in [0, 0.05) is 6.07 Å². The Hall–Kier alpha value is -3.08. The SMILES string of the molecule is CC(=O)C(C)(C)OC(=O)c1cc(-n2c(=O)cc(C(F)(F)Cl)n(N)c2=O)c(F)cc1C. The number of benzene rings is 1. The van der Waals surface area contributed by atoms with Crippen LogP contribution in [0.1, 0.15) is 42.4 Å². The van der Waals surface area contributed by atoms with Crippen LogP contribution in [0.15, 0.2) is 27.8 Å². The van der Waals surface area contributed by atoms with Gasteiger partial charge in [0.05, 0.1) is 11.3 Å². The van der Waals surface area contributed by atoms with Gasteiger partial charge in [-0.1, -0.05) is 0 Å². The molecule has 0 aliphatic heterocycles. The number of nitrogens with zero attached hydrogens (tertiary/aromatic N) is 2. The summed E-state index contributed by atoms with van der Waals surface area (Å²) in [5.41, 5.74) is -6.59. The zero-order valence-corrected chi connectivity index (χ0v) is 17.0. The van der Waals surface area contributed by atoms with E-state index in [9.17, 15) is 32.3 Å². The Balaban J connectivity index is 2.71. The van der Waals surface area contributed by atoms with E-state index >= 15 is 0 Å². The highest BCUT2D eigenvalue weighted by atomic mass is 35.5. The maximum atomic E-state index is 14.5. The first-order chi connectivity index (χ1) is 13.6. The summed E-state index contributed by atoms with van der Waals surface area (Å²) in [4.78, 5) is 48.7. The van der Waals surface area contributed by atoms with Crippen LogP contribution in [0.4, 0.5) is 13.2 Å². The van der Waals surface area contributed by atoms with Gasteiger partial charge in [0.2, 0.25) is 0 Å². The van der Waals surface area contributed by atoms with Gasteiger partial charge in [0.1, 0.15) is 11.5 Å². The maximum Gasteiger partial charge on any atom is 0.365 e. The van der Waals surface area contributed by atoms with Crippen molar-refractivity contribution in [2.24, 2.45) is 0 Å². The number of carbonyl (C=O) groups is 2. The summed E-state index contributed by atoms with van der Waals surface area (Å²) in [6, 6.07) is 1.93. The molecule has 0 fully saturated rings. The van der Waals surface area contributed by atoms with E-state index in [0.717, 1.165) is 12.1 Å². The van der Waals surface area contributed by atoms with E-state index in [1.165, 1.54) is 27.7 Å². The molecular formula is C18H17ClF3N3O5. The standard InChI is InChI=1S/C18H17ClF3N3O5/c1-8-5-11(20)12(6-10(8)15(28)30-17(3,4)9(2)26)24-14(27)7-13(18(19,21)22)25(23)16(24)29/h5-7H,23H2,1-4H3. The van der Waals surface area contributed by atoms with E-state index in [2.05, 4.69) is 0 Å². The van der Waals surface area contributed by atoms with Gasteiger partial charge in [0.25, 0.3) is 5.56 Å². The van der Waals surface area contributed by atoms with Gasteiger partial charge < -0.3 is 10.6 Å². The van der Waals surface area contributed by atoms with Crippen molar-refractivity contribution in [2.75, 3.05) is 5.84 Å². The van der Waals surface area contributed by atoms with Crippen molar-refractivity contribution in [2.45, 2.75) is 38.7 Å². The summed E-state index contributed by atoms with van der Waals surface area (Å²) in [7, 11) is 0. The van der Waals surface area contributed by atoms with Crippen LogP contribution in [0.5, 0.6) is 0 Å². The molecule has 0 unspecified atom stereocenters. The number of ketones is 1. The summed E-state index contributed by atoms with van der Waals surface area (Å²) in [6.07, 6.45) is 0. The summed E-state index contributed by atoms with van der Waals surface area (Å²) in [5.74, 6) is 2.70. The Morgan fingerprint density at radius 1 is 1.17 bits per heavy atom. The molecule has 0 saturated heterocycles. The third-order valence-electron chi connectivity index (χ3n) is 4.38. The molecule has 1 aromatic carbocycles. The summed E-state index contributed by atoms with van der Waals surface area (Å²) < 4.78 is 46.4. The number of hydrogen-bond donors (Lipinski definition) is 1. The highest BCUT2D eigenvalue weighted by Gasteiger charge is 2.34. The first-order valence-corrected chi connectivity index (χ1v) is 8.72. The van der Waals surface area contributed by atoms with Crippen LogP contribution in [0.3, 0.4) is 0 Å². The minimum atomic E-state index is -4.13. The first kappa shape index (κ1) is 23.2. The second-order valence-corrected chi connectivity index (χ2v) is 7.40. The highest BCUT2D eigenvalue weighted by Crippen LogP contribution is 2.30. The lowest BCUT2D eigenvalue weighted by atomic mass is 10.0. The number of Topliss-reactive ketones (excluding diaryl/α,β-unsaturated/α-hetero) is 1. The number of nitrogen functional groups attached to an aromatic ring is 1. The average molecular weight is 448 g/mol. The van der Waals surface area contributed by atoms with Gasteiger partial charge in [-0.3, -0.25) is 9.59 Å². The number of alkyl halides is 3. The predicted octanol–water partition coefficient (Wildman–Crippen LogP) is 1.97. The Bertz CT molecular complexity index is 1170. The molecule has 1 aromatic heterocycles. The molecular weight excluding hydrogens is 431 g/mol. The van der Waals surface area contributed by atoms with Crippen LogP contribution in [-0.4, -0.2) is 26.6 Å². The topological polar surface area (TPSA) is 113 Å². The number of esters is 1. The third kappa shape index (κ3) is 4.25. The number of halogens is 4. The summed E-state index contributed by atoms with van der Waals surface area (Å²) in [6.45, 7) is 5.24. The van der Waals surface area contributed by atoms with Gasteiger partial charge in [0.15, 0.2) is 11.4 Å². The molecule has 2 N–H and O–H groups in total. The molecule has 8 nitrogen and oxygen atoms in total. The van der Waals surface area contributed by atoms with E-state index in [1.54, 1.807) is 0 Å². The predicted molar refractivity (Wildman–Crippen MR) is 101 cm³/mol. The lowest BCUT2D eigenvalue weighted by Crippen LogP contribution is -2.45. The Labute approximate surface area is 172 Å². The van der Waals surface area contributed by atoms with E-state index in [0.29, 0.717) is 0 Å². The Morgan fingerprint density at radius 3 is 2.23 bits per heavy atom. The quantitative estimate of drug-likeness (QED) is 0.426. The second kappa shape index (κ2) is 7.63. The number of rotatable bonds is 5. The van der Waals surface area contributed by atoms with Crippen molar-refractivity contribution < 1.29 is 27.5 Å². The molecule has 0 aliphatic carbocycles. The van der Waals surface area contributed by atoms with E-state index < -0.39 is 51.2 Å². The van der Waals surface area contributed by atoms with Crippen LogP contribution in [-0.2, 0) is 14.9 Å². The fraction of sp³-hybridized carbons (Fsp3) is 0.333. The molecule has 0 bridgehead atoms. The third-order valence-corrected chi connectivity index (χ3v) is 4.57. The van der Waals surface area contributed by atoms with E-state index in [-0.39, 0.29) is 26.4 Å². The van der Waals surface area contributed by atoms with Crippen molar-refractivity contribution >= 4 is 23.4 Å². The molecule has 162 valence electrons. The van der Waals surface area contributed by atoms with Crippen molar-refractivity contribution in [3.63, 3.8) is 0 Å². The zero-order chi connectivity index (χ0) is 23.2. The van der Waals surface area contributed by atoms with Gasteiger partial charge in [-0.2, -0.15) is 8.78 Å². The largest absolute Gasteiger partial charge is 0.448 e. The molecule has 12 heteroatoms. The molecule has 2 aromatic rings. The molecule has 0 amide bonds. The minimum Gasteiger partial charge on any atom is -0.448 e. The smallest absolute Gasteiger partial charge is 0.365 e. The van der Waals surface area contributed by atoms with E-state index in [1.807, 2.05) is 0 Å². The lowest BCUT2D eigenvalue weighted by molar-refractivity contribution is -0.132. The van der Waals surface area contributed by atoms with Crippen LogP contribution in [0, 0.1) is 12.7 Å². The molecule has 2 rings (SSSR count). The molecule has 0 aliphatic rings. The van der Waals surface area contributed by atoms with Crippen LogP contribution in [0.2, 0.25) is 0 Å². The number of aromatic nitrogens is 2. The number of aryl methyl sites for hydroxylation is 1. The second-order valence-electron chi connectivity index (χ2n) is 6.93. The number of carbonyl (C=O) groups excluding carboxylic acids is 2. The average Bonchev–Trinajstić information content (AvgIpc) is 2.58. The maximum absolute atomic E-state index is 14.5. The van der Waals surface area contributed by atoms with Crippen molar-refractivity contribution in [3.8, 4) is 5.69 Å². The number of ether oxygens (including phenoxy) is 1. The van der Waals surface area contributed by atoms with E-state index in [4.69, 9.17) is 22.2 Å². The van der Waals surface area contributed by atoms with Crippen LogP contribution >= 0.6 is 11.6 Å². The Morgan fingerprint density at radius 2 is 1.73 bits per heavy atom. The first-order valence-electron chi connectivity index (χ1n) is 8.34.